The molecule has 0 atom stereocenters. The van der Waals surface area contributed by atoms with Crippen LogP contribution in [0.1, 0.15) is 71.1 Å². The summed E-state index contributed by atoms with van der Waals surface area (Å²) in [5, 5.41) is 10.2. The number of hydrogen-bond acceptors (Lipinski definition) is 4. The first kappa shape index (κ1) is 17.2. The Morgan fingerprint density at radius 3 is 1.86 bits per heavy atom. The average Bonchev–Trinajstić information content (AvgIpc) is 2.47. The number of hydrogen-bond donors (Lipinski definition) is 1. The molecule has 4 nitrogen and oxygen atoms in total. The zero-order valence-corrected chi connectivity index (χ0v) is 13.6. The van der Waals surface area contributed by atoms with Gasteiger partial charge in [0.25, 0.3) is 0 Å². The summed E-state index contributed by atoms with van der Waals surface area (Å²) in [7, 11) is 0. The summed E-state index contributed by atoms with van der Waals surface area (Å²) in [6.07, 6.45) is 11.1. The Bertz CT molecular complexity index is 253. The fraction of sp³-hybridized carbons (Fsp3) is 1.00. The second kappa shape index (κ2) is 8.47. The molecule has 2 fully saturated rings. The summed E-state index contributed by atoms with van der Waals surface area (Å²) in [6, 6.07) is 0. The van der Waals surface area contributed by atoms with Crippen LogP contribution < -0.4 is 0 Å². The van der Waals surface area contributed by atoms with Crippen LogP contribution in [0.5, 0.6) is 0 Å². The lowest BCUT2D eigenvalue weighted by atomic mass is 9.86. The van der Waals surface area contributed by atoms with E-state index in [1.54, 1.807) is 0 Å². The van der Waals surface area contributed by atoms with Gasteiger partial charge in [0.05, 0.1) is 32.0 Å². The summed E-state index contributed by atoms with van der Waals surface area (Å²) in [5.74, 6) is -0.895. The molecule has 0 radical (unpaired) electrons. The highest BCUT2D eigenvalue weighted by atomic mass is 16.6. The molecule has 0 aromatic heterocycles. The molecule has 0 saturated heterocycles. The summed E-state index contributed by atoms with van der Waals surface area (Å²) in [6.45, 7) is 4.47. The molecule has 0 aromatic carbocycles. The van der Waals surface area contributed by atoms with Crippen LogP contribution in [0, 0.1) is 0 Å². The highest BCUT2D eigenvalue weighted by Gasteiger charge is 2.29. The minimum absolute atomic E-state index is 0.0648. The van der Waals surface area contributed by atoms with E-state index in [-0.39, 0.29) is 5.60 Å². The lowest BCUT2D eigenvalue weighted by molar-refractivity contribution is -0.225. The molecule has 0 aromatic rings. The first-order valence-electron chi connectivity index (χ1n) is 8.70. The van der Waals surface area contributed by atoms with E-state index in [1.807, 2.05) is 0 Å². The minimum atomic E-state index is -0.895. The summed E-state index contributed by atoms with van der Waals surface area (Å²) >= 11 is 0. The highest BCUT2D eigenvalue weighted by molar-refractivity contribution is 4.79. The van der Waals surface area contributed by atoms with Gasteiger partial charge in [-0.05, 0) is 32.6 Å². The van der Waals surface area contributed by atoms with Gasteiger partial charge in [0.15, 0.2) is 5.79 Å². The van der Waals surface area contributed by atoms with Gasteiger partial charge in [-0.3, -0.25) is 0 Å². The normalized spacial score (nSPS) is 24.9. The van der Waals surface area contributed by atoms with Crippen LogP contribution in [0.3, 0.4) is 0 Å². The van der Waals surface area contributed by atoms with Crippen LogP contribution in [0.25, 0.3) is 0 Å². The smallest absolute Gasteiger partial charge is 0.165 e. The van der Waals surface area contributed by atoms with E-state index >= 15 is 0 Å². The van der Waals surface area contributed by atoms with Gasteiger partial charge in [-0.15, -0.1) is 0 Å². The average molecular weight is 300 g/mol. The van der Waals surface area contributed by atoms with E-state index < -0.39 is 5.79 Å². The third-order valence-corrected chi connectivity index (χ3v) is 4.82. The Kier molecular flexibility index (Phi) is 6.93. The Morgan fingerprint density at radius 1 is 0.714 bits per heavy atom. The highest BCUT2D eigenvalue weighted by Crippen LogP contribution is 2.31. The maximum Gasteiger partial charge on any atom is 0.165 e. The van der Waals surface area contributed by atoms with Crippen molar-refractivity contribution in [3.8, 4) is 0 Å². The Labute approximate surface area is 129 Å². The van der Waals surface area contributed by atoms with Crippen LogP contribution >= 0.6 is 0 Å². The topological polar surface area (TPSA) is 47.9 Å². The third-order valence-electron chi connectivity index (χ3n) is 4.82. The number of aliphatic hydroxyl groups is 1. The van der Waals surface area contributed by atoms with Gasteiger partial charge in [0, 0.05) is 12.8 Å². The van der Waals surface area contributed by atoms with Gasteiger partial charge in [0.1, 0.15) is 0 Å². The third kappa shape index (κ3) is 6.23. The molecule has 0 heterocycles. The molecule has 0 amide bonds. The zero-order valence-electron chi connectivity index (χ0n) is 13.6. The molecular weight excluding hydrogens is 268 g/mol. The maximum absolute atomic E-state index is 10.2. The molecule has 2 saturated carbocycles. The zero-order chi connectivity index (χ0) is 15.0. The molecule has 1 N–H and O–H groups in total. The second-order valence-electron chi connectivity index (χ2n) is 6.83. The van der Waals surface area contributed by atoms with E-state index in [9.17, 15) is 5.11 Å². The van der Waals surface area contributed by atoms with Gasteiger partial charge in [-0.1, -0.05) is 25.7 Å². The molecule has 2 rings (SSSR count). The van der Waals surface area contributed by atoms with Gasteiger partial charge in [-0.2, -0.15) is 0 Å². The molecule has 0 unspecified atom stereocenters. The fourth-order valence-corrected chi connectivity index (χ4v) is 3.43. The van der Waals surface area contributed by atoms with Gasteiger partial charge >= 0.3 is 0 Å². The lowest BCUT2D eigenvalue weighted by Gasteiger charge is -2.33. The van der Waals surface area contributed by atoms with E-state index in [2.05, 4.69) is 6.92 Å². The van der Waals surface area contributed by atoms with Crippen LogP contribution in [0.4, 0.5) is 0 Å². The minimum Gasteiger partial charge on any atom is -0.377 e. The molecular formula is C17H32O4. The van der Waals surface area contributed by atoms with Crippen LogP contribution in [0.15, 0.2) is 0 Å². The van der Waals surface area contributed by atoms with E-state index in [4.69, 9.17) is 14.2 Å². The molecule has 4 heteroatoms. The standard InChI is InChI=1S/C17H32O4/c1-16(8-4-2-5-9-16)20-14-12-19-13-15-21-17(18)10-6-3-7-11-17/h18H,2-15H2,1H3. The monoisotopic (exact) mass is 300 g/mol. The summed E-state index contributed by atoms with van der Waals surface area (Å²) in [4.78, 5) is 0. The first-order valence-corrected chi connectivity index (χ1v) is 8.70. The molecule has 2 aliphatic carbocycles. The van der Waals surface area contributed by atoms with E-state index in [1.165, 1.54) is 38.5 Å². The molecule has 0 spiro atoms. The second-order valence-corrected chi connectivity index (χ2v) is 6.83. The largest absolute Gasteiger partial charge is 0.377 e. The Balaban J connectivity index is 1.46. The van der Waals surface area contributed by atoms with Crippen LogP contribution in [0.2, 0.25) is 0 Å². The number of ether oxygens (including phenoxy) is 3. The fourth-order valence-electron chi connectivity index (χ4n) is 3.43. The van der Waals surface area contributed by atoms with Crippen molar-refractivity contribution >= 4 is 0 Å². The summed E-state index contributed by atoms with van der Waals surface area (Å²) < 4.78 is 17.1. The predicted octanol–water partition coefficient (Wildman–Crippen LogP) is 3.41. The first-order chi connectivity index (χ1) is 10.1. The lowest BCUT2D eigenvalue weighted by Crippen LogP contribution is -2.36. The Hall–Kier alpha value is -0.160. The van der Waals surface area contributed by atoms with Crippen molar-refractivity contribution < 1.29 is 19.3 Å². The van der Waals surface area contributed by atoms with Crippen molar-refractivity contribution in [3.05, 3.63) is 0 Å². The van der Waals surface area contributed by atoms with Crippen molar-refractivity contribution in [2.24, 2.45) is 0 Å². The van der Waals surface area contributed by atoms with E-state index in [0.717, 1.165) is 25.7 Å². The maximum atomic E-state index is 10.2. The van der Waals surface area contributed by atoms with Gasteiger partial charge in [0.2, 0.25) is 0 Å². The van der Waals surface area contributed by atoms with Crippen LogP contribution in [-0.4, -0.2) is 42.9 Å². The van der Waals surface area contributed by atoms with Crippen molar-refractivity contribution in [1.82, 2.24) is 0 Å². The molecule has 21 heavy (non-hydrogen) atoms. The van der Waals surface area contributed by atoms with Gasteiger partial charge < -0.3 is 19.3 Å². The van der Waals surface area contributed by atoms with Crippen molar-refractivity contribution in [2.75, 3.05) is 26.4 Å². The van der Waals surface area contributed by atoms with Crippen LogP contribution in [-0.2, 0) is 14.2 Å². The van der Waals surface area contributed by atoms with Crippen molar-refractivity contribution in [1.29, 1.82) is 0 Å². The molecule has 124 valence electrons. The quantitative estimate of drug-likeness (QED) is 0.551. The predicted molar refractivity (Wildman–Crippen MR) is 82.2 cm³/mol. The van der Waals surface area contributed by atoms with Gasteiger partial charge in [-0.25, -0.2) is 0 Å². The molecule has 0 bridgehead atoms. The summed E-state index contributed by atoms with van der Waals surface area (Å²) in [5.41, 5.74) is 0.0648. The SMILES string of the molecule is CC1(OCCOCCOC2(O)CCCCC2)CCCCC1. The van der Waals surface area contributed by atoms with Crippen molar-refractivity contribution in [3.63, 3.8) is 0 Å². The van der Waals surface area contributed by atoms with Crippen molar-refractivity contribution in [2.45, 2.75) is 82.5 Å². The number of rotatable bonds is 8. The molecule has 0 aliphatic heterocycles. The Morgan fingerprint density at radius 2 is 1.24 bits per heavy atom. The van der Waals surface area contributed by atoms with E-state index in [0.29, 0.717) is 26.4 Å². The molecule has 2 aliphatic rings.